The first-order chi connectivity index (χ1) is 7.18. The molecule has 0 saturated carbocycles. The number of ether oxygens (including phenoxy) is 1. The number of hydrogen-bond acceptors (Lipinski definition) is 2. The molecular formula is C13H16O2. The Morgan fingerprint density at radius 1 is 1.40 bits per heavy atom. The third-order valence-electron chi connectivity index (χ3n) is 3.12. The molecule has 80 valence electrons. The Balaban J connectivity index is 2.22. The van der Waals surface area contributed by atoms with Gasteiger partial charge >= 0.3 is 5.97 Å². The van der Waals surface area contributed by atoms with Crippen molar-refractivity contribution >= 4 is 5.97 Å². The molecule has 0 spiro atoms. The maximum atomic E-state index is 10.9. The standard InChI is InChI=1S/C13H16O2/c1-9-12-6-4-3-5-11(12)7-8-13(9)15-10(2)14/h3-6,9,13H,7-8H2,1-2H3/t9-,13+/m0/s1. The van der Waals surface area contributed by atoms with Gasteiger partial charge in [0.25, 0.3) is 0 Å². The predicted octanol–water partition coefficient (Wildman–Crippen LogP) is 2.67. The molecule has 2 nitrogen and oxygen atoms in total. The molecule has 2 rings (SSSR count). The van der Waals surface area contributed by atoms with Crippen molar-refractivity contribution in [3.05, 3.63) is 35.4 Å². The Kier molecular flexibility index (Phi) is 2.76. The Hall–Kier alpha value is -1.31. The van der Waals surface area contributed by atoms with Crippen LogP contribution in [-0.4, -0.2) is 12.1 Å². The summed E-state index contributed by atoms with van der Waals surface area (Å²) in [6, 6.07) is 8.41. The van der Waals surface area contributed by atoms with Gasteiger partial charge < -0.3 is 4.74 Å². The van der Waals surface area contributed by atoms with E-state index in [1.165, 1.54) is 18.1 Å². The number of fused-ring (bicyclic) bond motifs is 1. The fourth-order valence-corrected chi connectivity index (χ4v) is 2.33. The molecule has 0 unspecified atom stereocenters. The van der Waals surface area contributed by atoms with Gasteiger partial charge in [-0.1, -0.05) is 31.2 Å². The van der Waals surface area contributed by atoms with E-state index in [0.717, 1.165) is 12.8 Å². The van der Waals surface area contributed by atoms with Crippen molar-refractivity contribution in [3.63, 3.8) is 0 Å². The zero-order valence-corrected chi connectivity index (χ0v) is 9.19. The number of benzene rings is 1. The molecule has 0 amide bonds. The molecule has 0 saturated heterocycles. The molecule has 0 aliphatic heterocycles. The Morgan fingerprint density at radius 3 is 2.87 bits per heavy atom. The summed E-state index contributed by atoms with van der Waals surface area (Å²) in [6.45, 7) is 3.61. The Morgan fingerprint density at radius 2 is 2.13 bits per heavy atom. The lowest BCUT2D eigenvalue weighted by molar-refractivity contribution is -0.147. The van der Waals surface area contributed by atoms with E-state index in [1.54, 1.807) is 0 Å². The van der Waals surface area contributed by atoms with Crippen LogP contribution in [0.1, 0.15) is 37.3 Å². The zero-order chi connectivity index (χ0) is 10.8. The van der Waals surface area contributed by atoms with Crippen LogP contribution in [0.25, 0.3) is 0 Å². The lowest BCUT2D eigenvalue weighted by Gasteiger charge is -2.30. The fourth-order valence-electron chi connectivity index (χ4n) is 2.33. The van der Waals surface area contributed by atoms with E-state index in [0.29, 0.717) is 5.92 Å². The summed E-state index contributed by atoms with van der Waals surface area (Å²) in [7, 11) is 0. The summed E-state index contributed by atoms with van der Waals surface area (Å²) in [5.74, 6) is 0.144. The fraction of sp³-hybridized carbons (Fsp3) is 0.462. The van der Waals surface area contributed by atoms with Crippen molar-refractivity contribution in [2.24, 2.45) is 0 Å². The summed E-state index contributed by atoms with van der Waals surface area (Å²) in [4.78, 5) is 10.9. The first kappa shape index (κ1) is 10.2. The molecule has 2 atom stereocenters. The van der Waals surface area contributed by atoms with E-state index in [4.69, 9.17) is 4.74 Å². The Labute approximate surface area is 90.3 Å². The average Bonchev–Trinajstić information content (AvgIpc) is 2.22. The highest BCUT2D eigenvalue weighted by atomic mass is 16.5. The van der Waals surface area contributed by atoms with Crippen molar-refractivity contribution in [3.8, 4) is 0 Å². The largest absolute Gasteiger partial charge is 0.462 e. The van der Waals surface area contributed by atoms with Crippen LogP contribution in [0.4, 0.5) is 0 Å². The second-order valence-corrected chi connectivity index (χ2v) is 4.17. The highest BCUT2D eigenvalue weighted by Gasteiger charge is 2.27. The highest BCUT2D eigenvalue weighted by Crippen LogP contribution is 2.33. The van der Waals surface area contributed by atoms with Gasteiger partial charge in [0.2, 0.25) is 0 Å². The number of hydrogen-bond donors (Lipinski definition) is 0. The average molecular weight is 204 g/mol. The van der Waals surface area contributed by atoms with Gasteiger partial charge in [0.1, 0.15) is 6.10 Å². The van der Waals surface area contributed by atoms with Crippen LogP contribution in [0.5, 0.6) is 0 Å². The minimum Gasteiger partial charge on any atom is -0.462 e. The summed E-state index contributed by atoms with van der Waals surface area (Å²) < 4.78 is 5.32. The van der Waals surface area contributed by atoms with Crippen LogP contribution in [0, 0.1) is 0 Å². The molecule has 0 heterocycles. The smallest absolute Gasteiger partial charge is 0.302 e. The molecule has 0 fully saturated rings. The van der Waals surface area contributed by atoms with Gasteiger partial charge in [0.05, 0.1) is 0 Å². The van der Waals surface area contributed by atoms with Gasteiger partial charge in [-0.25, -0.2) is 0 Å². The summed E-state index contributed by atoms with van der Waals surface area (Å²) in [5.41, 5.74) is 2.73. The lowest BCUT2D eigenvalue weighted by Crippen LogP contribution is -2.27. The van der Waals surface area contributed by atoms with Crippen LogP contribution in [0.3, 0.4) is 0 Å². The van der Waals surface area contributed by atoms with Gasteiger partial charge in [-0.2, -0.15) is 0 Å². The van der Waals surface area contributed by atoms with E-state index >= 15 is 0 Å². The second kappa shape index (κ2) is 4.05. The first-order valence-electron chi connectivity index (χ1n) is 5.43. The van der Waals surface area contributed by atoms with Crippen LogP contribution in [-0.2, 0) is 16.0 Å². The zero-order valence-electron chi connectivity index (χ0n) is 9.19. The van der Waals surface area contributed by atoms with Crippen molar-refractivity contribution in [2.45, 2.75) is 38.7 Å². The van der Waals surface area contributed by atoms with Gasteiger partial charge in [-0.15, -0.1) is 0 Å². The number of aryl methyl sites for hydroxylation is 1. The SMILES string of the molecule is CC(=O)O[C@@H]1CCc2ccccc2[C@@H]1C. The molecule has 1 aliphatic carbocycles. The van der Waals surface area contributed by atoms with E-state index in [-0.39, 0.29) is 12.1 Å². The van der Waals surface area contributed by atoms with E-state index in [9.17, 15) is 4.79 Å². The maximum Gasteiger partial charge on any atom is 0.302 e. The van der Waals surface area contributed by atoms with E-state index < -0.39 is 0 Å². The minimum absolute atomic E-state index is 0.0531. The number of rotatable bonds is 1. The van der Waals surface area contributed by atoms with Crippen LogP contribution in [0.2, 0.25) is 0 Å². The van der Waals surface area contributed by atoms with Crippen LogP contribution >= 0.6 is 0 Å². The van der Waals surface area contributed by atoms with Gasteiger partial charge in [0, 0.05) is 12.8 Å². The first-order valence-corrected chi connectivity index (χ1v) is 5.43. The van der Waals surface area contributed by atoms with Crippen molar-refractivity contribution < 1.29 is 9.53 Å². The van der Waals surface area contributed by atoms with Gasteiger partial charge in [-0.3, -0.25) is 4.79 Å². The quantitative estimate of drug-likeness (QED) is 0.657. The van der Waals surface area contributed by atoms with Gasteiger partial charge in [-0.05, 0) is 24.0 Å². The monoisotopic (exact) mass is 204 g/mol. The van der Waals surface area contributed by atoms with E-state index in [1.807, 2.05) is 6.07 Å². The summed E-state index contributed by atoms with van der Waals surface area (Å²) in [6.07, 6.45) is 2.01. The molecule has 0 bridgehead atoms. The molecule has 1 aliphatic rings. The predicted molar refractivity (Wildman–Crippen MR) is 58.7 cm³/mol. The molecule has 2 heteroatoms. The highest BCUT2D eigenvalue weighted by molar-refractivity contribution is 5.66. The normalized spacial score (nSPS) is 24.4. The third-order valence-corrected chi connectivity index (χ3v) is 3.12. The minimum atomic E-state index is -0.175. The third kappa shape index (κ3) is 2.04. The molecular weight excluding hydrogens is 188 g/mol. The Bertz CT molecular complexity index is 371. The number of carbonyl (C=O) groups excluding carboxylic acids is 1. The van der Waals surface area contributed by atoms with Crippen LogP contribution < -0.4 is 0 Å². The molecule has 0 N–H and O–H groups in total. The number of carbonyl (C=O) groups is 1. The topological polar surface area (TPSA) is 26.3 Å². The maximum absolute atomic E-state index is 10.9. The molecule has 1 aromatic carbocycles. The van der Waals surface area contributed by atoms with Gasteiger partial charge in [0.15, 0.2) is 0 Å². The molecule has 1 aromatic rings. The summed E-state index contributed by atoms with van der Waals surface area (Å²) >= 11 is 0. The van der Waals surface area contributed by atoms with Crippen LogP contribution in [0.15, 0.2) is 24.3 Å². The molecule has 0 radical (unpaired) electrons. The van der Waals surface area contributed by atoms with Crippen molar-refractivity contribution in [1.29, 1.82) is 0 Å². The lowest BCUT2D eigenvalue weighted by atomic mass is 9.82. The van der Waals surface area contributed by atoms with Crippen molar-refractivity contribution in [1.82, 2.24) is 0 Å². The van der Waals surface area contributed by atoms with Crippen molar-refractivity contribution in [2.75, 3.05) is 0 Å². The number of esters is 1. The molecule has 0 aromatic heterocycles. The second-order valence-electron chi connectivity index (χ2n) is 4.17. The summed E-state index contributed by atoms with van der Waals surface area (Å²) in [5, 5.41) is 0. The molecule has 15 heavy (non-hydrogen) atoms. The van der Waals surface area contributed by atoms with E-state index in [2.05, 4.69) is 25.1 Å².